The Bertz CT molecular complexity index is 578. The minimum absolute atomic E-state index is 0.193. The summed E-state index contributed by atoms with van der Waals surface area (Å²) in [5.74, 6) is -3.89. The van der Waals surface area contributed by atoms with Crippen LogP contribution in [0.3, 0.4) is 0 Å². The molecule has 1 saturated carbocycles. The molecule has 19 heavy (non-hydrogen) atoms. The van der Waals surface area contributed by atoms with Crippen molar-refractivity contribution in [2.45, 2.75) is 6.54 Å². The number of rotatable bonds is 3. The van der Waals surface area contributed by atoms with Crippen LogP contribution in [-0.4, -0.2) is 27.8 Å². The number of carboxylic acids is 1. The number of halogens is 1. The Morgan fingerprint density at radius 2 is 1.79 bits per heavy atom. The summed E-state index contributed by atoms with van der Waals surface area (Å²) in [5, 5.41) is 8.88. The third-order valence-corrected chi connectivity index (χ3v) is 4.47. The van der Waals surface area contributed by atoms with Crippen molar-refractivity contribution in [3.63, 3.8) is 0 Å². The van der Waals surface area contributed by atoms with Gasteiger partial charge in [0.05, 0.1) is 24.3 Å². The molecule has 2 unspecified atom stereocenters. The number of benzene rings is 1. The minimum atomic E-state index is -1.06. The standard InChI is InChI=1S/C13H10BrNO4/c14-7-4-2-1-3-6(7)5-15-11(16)8-9(12(15)17)10(8)13(18)19/h1-4,8-10H,5H2,(H,18,19). The molecule has 1 heterocycles. The van der Waals surface area contributed by atoms with Crippen LogP contribution in [0.4, 0.5) is 0 Å². The number of piperidine rings is 1. The largest absolute Gasteiger partial charge is 0.481 e. The lowest BCUT2D eigenvalue weighted by atomic mass is 10.2. The molecule has 1 aromatic carbocycles. The maximum atomic E-state index is 12.0. The molecule has 2 aliphatic rings. The number of carboxylic acid groups (broad SMARTS) is 1. The fourth-order valence-electron chi connectivity index (χ4n) is 2.65. The van der Waals surface area contributed by atoms with E-state index in [4.69, 9.17) is 5.11 Å². The summed E-state index contributed by atoms with van der Waals surface area (Å²) in [7, 11) is 0. The molecule has 2 amide bonds. The average molecular weight is 324 g/mol. The van der Waals surface area contributed by atoms with Crippen molar-refractivity contribution in [1.29, 1.82) is 0 Å². The highest BCUT2D eigenvalue weighted by atomic mass is 79.9. The number of fused-ring (bicyclic) bond motifs is 1. The normalized spacial score (nSPS) is 28.5. The summed E-state index contributed by atoms with van der Waals surface area (Å²) in [6, 6.07) is 7.33. The summed E-state index contributed by atoms with van der Waals surface area (Å²) < 4.78 is 0.825. The average Bonchev–Trinajstić information content (AvgIpc) is 3.06. The van der Waals surface area contributed by atoms with E-state index < -0.39 is 23.7 Å². The number of hydrogen-bond acceptors (Lipinski definition) is 3. The van der Waals surface area contributed by atoms with Crippen LogP contribution in [0.2, 0.25) is 0 Å². The van der Waals surface area contributed by atoms with Crippen LogP contribution in [0.5, 0.6) is 0 Å². The van der Waals surface area contributed by atoms with Crippen LogP contribution in [0.25, 0.3) is 0 Å². The van der Waals surface area contributed by atoms with Gasteiger partial charge >= 0.3 is 5.97 Å². The minimum Gasteiger partial charge on any atom is -0.481 e. The number of aliphatic carboxylic acids is 1. The Morgan fingerprint density at radius 3 is 2.32 bits per heavy atom. The fourth-order valence-corrected chi connectivity index (χ4v) is 3.06. The van der Waals surface area contributed by atoms with Crippen LogP contribution in [0, 0.1) is 17.8 Å². The van der Waals surface area contributed by atoms with Crippen LogP contribution in [0.1, 0.15) is 5.56 Å². The predicted molar refractivity (Wildman–Crippen MR) is 67.8 cm³/mol. The molecular formula is C13H10BrNO4. The second-order valence-electron chi connectivity index (χ2n) is 4.77. The molecule has 0 bridgehead atoms. The highest BCUT2D eigenvalue weighted by molar-refractivity contribution is 9.10. The fraction of sp³-hybridized carbons (Fsp3) is 0.308. The van der Waals surface area contributed by atoms with Crippen molar-refractivity contribution in [1.82, 2.24) is 4.90 Å². The van der Waals surface area contributed by atoms with Gasteiger partial charge in [0.25, 0.3) is 0 Å². The van der Waals surface area contributed by atoms with Gasteiger partial charge in [0.1, 0.15) is 0 Å². The smallest absolute Gasteiger partial charge is 0.308 e. The highest BCUT2D eigenvalue weighted by Crippen LogP contribution is 2.53. The van der Waals surface area contributed by atoms with Crippen LogP contribution in [0.15, 0.2) is 28.7 Å². The SMILES string of the molecule is O=C(O)C1C2C(=O)N(Cc3ccccc3Br)C(=O)C12. The first kappa shape index (κ1) is 12.3. The van der Waals surface area contributed by atoms with E-state index in [1.165, 1.54) is 0 Å². The second-order valence-corrected chi connectivity index (χ2v) is 5.62. The maximum Gasteiger partial charge on any atom is 0.308 e. The van der Waals surface area contributed by atoms with E-state index in [0.717, 1.165) is 14.9 Å². The van der Waals surface area contributed by atoms with Gasteiger partial charge in [0.15, 0.2) is 0 Å². The topological polar surface area (TPSA) is 74.7 Å². The molecule has 98 valence electrons. The molecule has 1 aliphatic heterocycles. The number of amides is 2. The molecule has 3 rings (SSSR count). The van der Waals surface area contributed by atoms with Gasteiger partial charge in [-0.1, -0.05) is 34.1 Å². The van der Waals surface area contributed by atoms with E-state index in [2.05, 4.69) is 15.9 Å². The van der Waals surface area contributed by atoms with E-state index >= 15 is 0 Å². The van der Waals surface area contributed by atoms with Gasteiger partial charge in [-0.25, -0.2) is 0 Å². The van der Waals surface area contributed by atoms with Crippen molar-refractivity contribution in [2.24, 2.45) is 17.8 Å². The molecule has 1 aromatic rings. The molecule has 2 atom stereocenters. The summed E-state index contributed by atoms with van der Waals surface area (Å²) in [5.41, 5.74) is 0.831. The van der Waals surface area contributed by atoms with Crippen molar-refractivity contribution in [3.05, 3.63) is 34.3 Å². The molecule has 0 radical (unpaired) electrons. The lowest BCUT2D eigenvalue weighted by Crippen LogP contribution is -2.35. The molecule has 6 heteroatoms. The van der Waals surface area contributed by atoms with Crippen LogP contribution < -0.4 is 0 Å². The van der Waals surface area contributed by atoms with Gasteiger partial charge in [-0.2, -0.15) is 0 Å². The first-order valence-corrected chi connectivity index (χ1v) is 6.63. The molecule has 0 aromatic heterocycles. The zero-order valence-corrected chi connectivity index (χ0v) is 11.3. The Kier molecular flexibility index (Phi) is 2.70. The third-order valence-electron chi connectivity index (χ3n) is 3.69. The number of carbonyl (C=O) groups excluding carboxylic acids is 2. The van der Waals surface area contributed by atoms with E-state index in [0.29, 0.717) is 0 Å². The summed E-state index contributed by atoms with van der Waals surface area (Å²) in [4.78, 5) is 36.0. The van der Waals surface area contributed by atoms with Crippen molar-refractivity contribution in [3.8, 4) is 0 Å². The first-order chi connectivity index (χ1) is 9.02. The quantitative estimate of drug-likeness (QED) is 0.850. The molecule has 0 spiro atoms. The number of imide groups is 1. The van der Waals surface area contributed by atoms with Gasteiger partial charge in [-0.05, 0) is 11.6 Å². The van der Waals surface area contributed by atoms with Gasteiger partial charge in [0.2, 0.25) is 11.8 Å². The van der Waals surface area contributed by atoms with Crippen molar-refractivity contribution < 1.29 is 19.5 Å². The first-order valence-electron chi connectivity index (χ1n) is 5.84. The molecule has 5 nitrogen and oxygen atoms in total. The van der Waals surface area contributed by atoms with Crippen LogP contribution >= 0.6 is 15.9 Å². The van der Waals surface area contributed by atoms with Crippen molar-refractivity contribution >= 4 is 33.7 Å². The van der Waals surface area contributed by atoms with Gasteiger partial charge in [-0.3, -0.25) is 19.3 Å². The van der Waals surface area contributed by atoms with Crippen LogP contribution in [-0.2, 0) is 20.9 Å². The molecule has 1 N–H and O–H groups in total. The van der Waals surface area contributed by atoms with Gasteiger partial charge in [-0.15, -0.1) is 0 Å². The maximum absolute atomic E-state index is 12.0. The Morgan fingerprint density at radius 1 is 1.21 bits per heavy atom. The molecule has 1 saturated heterocycles. The van der Waals surface area contributed by atoms with E-state index in [-0.39, 0.29) is 18.4 Å². The number of nitrogens with zero attached hydrogens (tertiary/aromatic N) is 1. The van der Waals surface area contributed by atoms with Gasteiger partial charge < -0.3 is 5.11 Å². The molecular weight excluding hydrogens is 314 g/mol. The summed E-state index contributed by atoms with van der Waals surface area (Å²) >= 11 is 3.36. The van der Waals surface area contributed by atoms with E-state index in [1.54, 1.807) is 0 Å². The summed E-state index contributed by atoms with van der Waals surface area (Å²) in [6.45, 7) is 0.193. The number of likely N-dealkylation sites (tertiary alicyclic amines) is 1. The second kappa shape index (κ2) is 4.16. The lowest BCUT2D eigenvalue weighted by Gasteiger charge is -2.18. The Hall–Kier alpha value is -1.69. The van der Waals surface area contributed by atoms with Crippen molar-refractivity contribution in [2.75, 3.05) is 0 Å². The zero-order chi connectivity index (χ0) is 13.7. The van der Waals surface area contributed by atoms with E-state index in [1.807, 2.05) is 24.3 Å². The van der Waals surface area contributed by atoms with Gasteiger partial charge in [0, 0.05) is 4.47 Å². The molecule has 2 fully saturated rings. The lowest BCUT2D eigenvalue weighted by molar-refractivity contribution is -0.149. The molecule has 1 aliphatic carbocycles. The highest BCUT2D eigenvalue weighted by Gasteiger charge is 2.70. The zero-order valence-electron chi connectivity index (χ0n) is 9.75. The Labute approximate surface area is 117 Å². The third kappa shape index (κ3) is 1.78. The number of carbonyl (C=O) groups is 3. The van der Waals surface area contributed by atoms with E-state index in [9.17, 15) is 14.4 Å². The summed E-state index contributed by atoms with van der Waals surface area (Å²) in [6.07, 6.45) is 0. The predicted octanol–water partition coefficient (Wildman–Crippen LogP) is 1.26. The number of hydrogen-bond donors (Lipinski definition) is 1. The monoisotopic (exact) mass is 323 g/mol. The Balaban J connectivity index is 1.79.